The second-order valence-corrected chi connectivity index (χ2v) is 6.03. The first-order chi connectivity index (χ1) is 9.56. The van der Waals surface area contributed by atoms with Gasteiger partial charge in [-0.3, -0.25) is 9.59 Å². The van der Waals surface area contributed by atoms with Crippen LogP contribution in [0.4, 0.5) is 11.4 Å². The van der Waals surface area contributed by atoms with Gasteiger partial charge in [-0.2, -0.15) is 11.8 Å². The van der Waals surface area contributed by atoms with E-state index in [1.807, 2.05) is 43.3 Å². The minimum Gasteiger partial charge on any atom is -0.378 e. The normalized spacial score (nSPS) is 18.9. The van der Waals surface area contributed by atoms with Crippen LogP contribution in [-0.2, 0) is 9.59 Å². The number of rotatable bonds is 3. The molecule has 1 aliphatic rings. The van der Waals surface area contributed by atoms with Gasteiger partial charge < -0.3 is 15.5 Å². The zero-order valence-electron chi connectivity index (χ0n) is 11.7. The molecule has 1 saturated heterocycles. The van der Waals surface area contributed by atoms with Crippen molar-refractivity contribution in [2.45, 2.75) is 12.5 Å². The van der Waals surface area contributed by atoms with Gasteiger partial charge in [-0.25, -0.2) is 0 Å². The maximum Gasteiger partial charge on any atom is 0.247 e. The molecule has 2 amide bonds. The molecule has 0 radical (unpaired) electrons. The van der Waals surface area contributed by atoms with Crippen LogP contribution in [0.25, 0.3) is 0 Å². The topological polar surface area (TPSA) is 61.4 Å². The Labute approximate surface area is 123 Å². The molecule has 0 saturated carbocycles. The van der Waals surface area contributed by atoms with Crippen LogP contribution >= 0.6 is 11.8 Å². The van der Waals surface area contributed by atoms with Crippen LogP contribution in [0, 0.1) is 0 Å². The Hall–Kier alpha value is -1.69. The van der Waals surface area contributed by atoms with E-state index in [4.69, 9.17) is 0 Å². The molecule has 1 atom stereocenters. The van der Waals surface area contributed by atoms with Crippen molar-refractivity contribution in [1.82, 2.24) is 5.32 Å². The van der Waals surface area contributed by atoms with Crippen LogP contribution in [0.2, 0.25) is 0 Å². The summed E-state index contributed by atoms with van der Waals surface area (Å²) in [5.74, 6) is 1.17. The van der Waals surface area contributed by atoms with Gasteiger partial charge in [0.1, 0.15) is 6.04 Å². The van der Waals surface area contributed by atoms with Crippen LogP contribution in [0.3, 0.4) is 0 Å². The third kappa shape index (κ3) is 3.90. The highest BCUT2D eigenvalue weighted by Gasteiger charge is 2.23. The van der Waals surface area contributed by atoms with E-state index in [2.05, 4.69) is 10.6 Å². The maximum atomic E-state index is 12.1. The van der Waals surface area contributed by atoms with Crippen molar-refractivity contribution in [3.05, 3.63) is 24.3 Å². The molecule has 2 N–H and O–H groups in total. The van der Waals surface area contributed by atoms with E-state index >= 15 is 0 Å². The van der Waals surface area contributed by atoms with Crippen molar-refractivity contribution < 1.29 is 9.59 Å². The molecular weight excluding hydrogens is 274 g/mol. The van der Waals surface area contributed by atoms with Crippen LogP contribution in [-0.4, -0.2) is 43.5 Å². The molecule has 1 heterocycles. The fraction of sp³-hybridized carbons (Fsp3) is 0.429. The lowest BCUT2D eigenvalue weighted by Crippen LogP contribution is -2.44. The average Bonchev–Trinajstić information content (AvgIpc) is 2.64. The zero-order chi connectivity index (χ0) is 14.5. The molecule has 108 valence electrons. The van der Waals surface area contributed by atoms with Crippen LogP contribution in [0.1, 0.15) is 6.42 Å². The van der Waals surface area contributed by atoms with Crippen molar-refractivity contribution in [2.75, 3.05) is 35.8 Å². The van der Waals surface area contributed by atoms with Crippen molar-refractivity contribution >= 4 is 35.0 Å². The number of carbonyl (C=O) groups excluding carboxylic acids is 2. The molecule has 0 bridgehead atoms. The molecule has 2 rings (SSSR count). The molecule has 6 heteroatoms. The smallest absolute Gasteiger partial charge is 0.247 e. The fourth-order valence-electron chi connectivity index (χ4n) is 1.89. The van der Waals surface area contributed by atoms with Crippen LogP contribution < -0.4 is 15.5 Å². The van der Waals surface area contributed by atoms with Crippen molar-refractivity contribution in [1.29, 1.82) is 0 Å². The molecule has 0 aliphatic carbocycles. The van der Waals surface area contributed by atoms with E-state index in [0.29, 0.717) is 12.2 Å². The number of nitrogens with one attached hydrogen (secondary N) is 2. The first-order valence-corrected chi connectivity index (χ1v) is 7.67. The Bertz CT molecular complexity index is 488. The van der Waals surface area contributed by atoms with Gasteiger partial charge in [-0.05, 0) is 24.3 Å². The van der Waals surface area contributed by atoms with E-state index < -0.39 is 6.04 Å². The minimum absolute atomic E-state index is 0.0573. The number of thioether (sulfide) groups is 1. The second-order valence-electron chi connectivity index (χ2n) is 4.88. The number of amides is 2. The van der Waals surface area contributed by atoms with Gasteiger partial charge in [0, 0.05) is 43.4 Å². The standard InChI is InChI=1S/C14H19N3O2S/c1-17(2)11-5-3-10(4-6-11)15-14(19)12-9-20-8-7-13(18)16-12/h3-6,12H,7-9H2,1-2H3,(H,15,19)(H,16,18)/t12-/m1/s1. The maximum absolute atomic E-state index is 12.1. The zero-order valence-corrected chi connectivity index (χ0v) is 12.5. The summed E-state index contributed by atoms with van der Waals surface area (Å²) < 4.78 is 0. The van der Waals surface area contributed by atoms with Crippen molar-refractivity contribution in [3.63, 3.8) is 0 Å². The lowest BCUT2D eigenvalue weighted by atomic mass is 10.2. The number of nitrogens with zero attached hydrogens (tertiary/aromatic N) is 1. The quantitative estimate of drug-likeness (QED) is 0.882. The molecule has 20 heavy (non-hydrogen) atoms. The predicted molar refractivity (Wildman–Crippen MR) is 83.3 cm³/mol. The first kappa shape index (κ1) is 14.7. The van der Waals surface area contributed by atoms with Crippen molar-refractivity contribution in [3.8, 4) is 0 Å². The summed E-state index contributed by atoms with van der Waals surface area (Å²) in [5.41, 5.74) is 1.81. The Morgan fingerprint density at radius 3 is 2.70 bits per heavy atom. The summed E-state index contributed by atoms with van der Waals surface area (Å²) in [4.78, 5) is 25.6. The summed E-state index contributed by atoms with van der Waals surface area (Å²) in [6.45, 7) is 0. The number of benzene rings is 1. The van der Waals surface area contributed by atoms with Crippen molar-refractivity contribution in [2.24, 2.45) is 0 Å². The summed E-state index contributed by atoms with van der Waals surface area (Å²) in [6.07, 6.45) is 0.478. The summed E-state index contributed by atoms with van der Waals surface area (Å²) >= 11 is 1.62. The highest BCUT2D eigenvalue weighted by Crippen LogP contribution is 2.17. The molecule has 5 nitrogen and oxygen atoms in total. The van der Waals surface area contributed by atoms with E-state index in [0.717, 1.165) is 17.1 Å². The molecule has 1 aromatic rings. The number of anilines is 2. The molecule has 0 unspecified atom stereocenters. The monoisotopic (exact) mass is 293 g/mol. The van der Waals surface area contributed by atoms with E-state index in [1.165, 1.54) is 0 Å². The summed E-state index contributed by atoms with van der Waals surface area (Å²) in [5, 5.41) is 5.59. The number of hydrogen-bond acceptors (Lipinski definition) is 4. The van der Waals surface area contributed by atoms with Gasteiger partial charge in [0.2, 0.25) is 11.8 Å². The van der Waals surface area contributed by atoms with Crippen LogP contribution in [0.5, 0.6) is 0 Å². The third-order valence-electron chi connectivity index (χ3n) is 3.06. The predicted octanol–water partition coefficient (Wildman–Crippen LogP) is 1.31. The van der Waals surface area contributed by atoms with E-state index in [1.54, 1.807) is 11.8 Å². The molecule has 1 aliphatic heterocycles. The van der Waals surface area contributed by atoms with E-state index in [-0.39, 0.29) is 11.8 Å². The van der Waals surface area contributed by atoms with Gasteiger partial charge in [0.25, 0.3) is 0 Å². The second kappa shape index (κ2) is 6.65. The van der Waals surface area contributed by atoms with Gasteiger partial charge in [-0.15, -0.1) is 0 Å². The summed E-state index contributed by atoms with van der Waals surface area (Å²) in [6, 6.07) is 7.15. The van der Waals surface area contributed by atoms with Gasteiger partial charge in [0.15, 0.2) is 0 Å². The molecule has 1 aromatic carbocycles. The SMILES string of the molecule is CN(C)c1ccc(NC(=O)[C@H]2CSCCC(=O)N2)cc1. The lowest BCUT2D eigenvalue weighted by Gasteiger charge is -2.16. The number of carbonyl (C=O) groups is 2. The molecule has 1 fully saturated rings. The van der Waals surface area contributed by atoms with Gasteiger partial charge >= 0.3 is 0 Å². The van der Waals surface area contributed by atoms with Gasteiger partial charge in [0.05, 0.1) is 0 Å². The third-order valence-corrected chi connectivity index (χ3v) is 4.12. The average molecular weight is 293 g/mol. The fourth-order valence-corrected chi connectivity index (χ4v) is 2.85. The Balaban J connectivity index is 1.98. The highest BCUT2D eigenvalue weighted by atomic mass is 32.2. The van der Waals surface area contributed by atoms with Gasteiger partial charge in [-0.1, -0.05) is 0 Å². The Kier molecular flexibility index (Phi) is 4.89. The molecule has 0 spiro atoms. The Morgan fingerprint density at radius 1 is 1.35 bits per heavy atom. The van der Waals surface area contributed by atoms with E-state index in [9.17, 15) is 9.59 Å². The first-order valence-electron chi connectivity index (χ1n) is 6.51. The molecule has 0 aromatic heterocycles. The number of hydrogen-bond donors (Lipinski definition) is 2. The highest BCUT2D eigenvalue weighted by molar-refractivity contribution is 7.99. The minimum atomic E-state index is -0.455. The van der Waals surface area contributed by atoms with Crippen LogP contribution in [0.15, 0.2) is 24.3 Å². The largest absolute Gasteiger partial charge is 0.378 e. The molecular formula is C14H19N3O2S. The summed E-state index contributed by atoms with van der Waals surface area (Å²) in [7, 11) is 3.93. The Morgan fingerprint density at radius 2 is 2.05 bits per heavy atom. The lowest BCUT2D eigenvalue weighted by molar-refractivity contribution is -0.125.